The van der Waals surface area contributed by atoms with Gasteiger partial charge in [-0.25, -0.2) is 0 Å². The first-order valence-corrected chi connectivity index (χ1v) is 9.58. The van der Waals surface area contributed by atoms with Crippen LogP contribution in [0.5, 0.6) is 34.5 Å². The molecule has 2 N–H and O–H groups in total. The number of aromatic hydroxyl groups is 1. The van der Waals surface area contributed by atoms with E-state index < -0.39 is 6.10 Å². The number of benzene rings is 2. The van der Waals surface area contributed by atoms with Gasteiger partial charge in [-0.1, -0.05) is 13.8 Å². The lowest BCUT2D eigenvalue weighted by molar-refractivity contribution is 0.0863. The average molecular weight is 402 g/mol. The van der Waals surface area contributed by atoms with Gasteiger partial charge in [-0.05, 0) is 41.5 Å². The molecule has 1 aliphatic heterocycles. The minimum atomic E-state index is -0.811. The minimum Gasteiger partial charge on any atom is -0.504 e. The van der Waals surface area contributed by atoms with Gasteiger partial charge in [0.1, 0.15) is 0 Å². The molecule has 1 heterocycles. The van der Waals surface area contributed by atoms with E-state index in [-0.39, 0.29) is 30.1 Å². The van der Waals surface area contributed by atoms with Crippen LogP contribution in [0.4, 0.5) is 0 Å². The number of phenols is 1. The standard InChI is InChI=1S/C22H26O7/c1-10-6-12-7-15-21(29-9-28-15)22(27-5)16(12)17-13(18(23)11(10)2)8-14(25-3)20(26-4)19(17)24/h7-8,10-11,18,23-24H,6,9H2,1-5H3. The second-order valence-corrected chi connectivity index (χ2v) is 7.59. The highest BCUT2D eigenvalue weighted by Gasteiger charge is 2.37. The van der Waals surface area contributed by atoms with Gasteiger partial charge in [0.25, 0.3) is 0 Å². The van der Waals surface area contributed by atoms with Gasteiger partial charge in [-0.2, -0.15) is 0 Å². The number of fused-ring (bicyclic) bond motifs is 4. The van der Waals surface area contributed by atoms with Gasteiger partial charge < -0.3 is 33.9 Å². The summed E-state index contributed by atoms with van der Waals surface area (Å²) < 4.78 is 27.8. The number of rotatable bonds is 3. The Balaban J connectivity index is 2.14. The fraction of sp³-hybridized carbons (Fsp3) is 0.455. The molecule has 0 saturated heterocycles. The normalized spacial score (nSPS) is 22.2. The lowest BCUT2D eigenvalue weighted by Crippen LogP contribution is -2.22. The van der Waals surface area contributed by atoms with Crippen molar-refractivity contribution in [2.45, 2.75) is 26.4 Å². The third-order valence-corrected chi connectivity index (χ3v) is 6.09. The Morgan fingerprint density at radius 2 is 1.69 bits per heavy atom. The maximum atomic E-state index is 11.2. The Morgan fingerprint density at radius 1 is 0.966 bits per heavy atom. The molecule has 1 aliphatic carbocycles. The average Bonchev–Trinajstić information content (AvgIpc) is 3.18. The third kappa shape index (κ3) is 2.83. The Labute approximate surface area is 169 Å². The van der Waals surface area contributed by atoms with Crippen LogP contribution in [0, 0.1) is 11.8 Å². The van der Waals surface area contributed by atoms with Gasteiger partial charge in [0.2, 0.25) is 18.3 Å². The van der Waals surface area contributed by atoms with E-state index in [1.54, 1.807) is 13.2 Å². The van der Waals surface area contributed by atoms with Crippen molar-refractivity contribution in [3.05, 3.63) is 23.3 Å². The Hall–Kier alpha value is -2.80. The quantitative estimate of drug-likeness (QED) is 0.810. The monoisotopic (exact) mass is 402 g/mol. The lowest BCUT2D eigenvalue weighted by atomic mass is 9.76. The Kier molecular flexibility index (Phi) is 4.86. The molecule has 0 fully saturated rings. The first-order valence-electron chi connectivity index (χ1n) is 9.58. The minimum absolute atomic E-state index is 0.0594. The van der Waals surface area contributed by atoms with Crippen molar-refractivity contribution in [1.29, 1.82) is 0 Å². The molecule has 29 heavy (non-hydrogen) atoms. The lowest BCUT2D eigenvalue weighted by Gasteiger charge is -2.32. The van der Waals surface area contributed by atoms with E-state index in [0.717, 1.165) is 5.56 Å². The molecule has 3 atom stereocenters. The molecular weight excluding hydrogens is 376 g/mol. The zero-order chi connectivity index (χ0) is 20.9. The van der Waals surface area contributed by atoms with Crippen LogP contribution in [0.1, 0.15) is 31.1 Å². The fourth-order valence-electron chi connectivity index (χ4n) is 4.31. The van der Waals surface area contributed by atoms with E-state index in [4.69, 9.17) is 23.7 Å². The first-order chi connectivity index (χ1) is 13.9. The number of methoxy groups -OCH3 is 3. The van der Waals surface area contributed by atoms with Crippen LogP contribution in [0.15, 0.2) is 12.1 Å². The predicted octanol–water partition coefficient (Wildman–Crippen LogP) is 3.68. The molecule has 2 aromatic carbocycles. The number of hydrogen-bond donors (Lipinski definition) is 2. The topological polar surface area (TPSA) is 86.6 Å². The summed E-state index contributed by atoms with van der Waals surface area (Å²) in [6.45, 7) is 4.20. The molecule has 0 radical (unpaired) electrons. The second-order valence-electron chi connectivity index (χ2n) is 7.59. The number of aliphatic hydroxyl groups excluding tert-OH is 1. The van der Waals surface area contributed by atoms with Gasteiger partial charge in [-0.3, -0.25) is 0 Å². The Bertz CT molecular complexity index is 953. The molecule has 0 aromatic heterocycles. The van der Waals surface area contributed by atoms with Crippen molar-refractivity contribution >= 4 is 0 Å². The summed E-state index contributed by atoms with van der Waals surface area (Å²) in [6.07, 6.45) is -0.137. The van der Waals surface area contributed by atoms with Crippen LogP contribution in [0.3, 0.4) is 0 Å². The summed E-state index contributed by atoms with van der Waals surface area (Å²) >= 11 is 0. The highest BCUT2D eigenvalue weighted by molar-refractivity contribution is 5.88. The van der Waals surface area contributed by atoms with E-state index in [9.17, 15) is 10.2 Å². The van der Waals surface area contributed by atoms with E-state index in [1.807, 2.05) is 13.0 Å². The summed E-state index contributed by atoms with van der Waals surface area (Å²) in [5.74, 6) is 2.11. The summed E-state index contributed by atoms with van der Waals surface area (Å²) in [5, 5.41) is 22.4. The largest absolute Gasteiger partial charge is 0.504 e. The van der Waals surface area contributed by atoms with Crippen LogP contribution in [0.2, 0.25) is 0 Å². The summed E-state index contributed by atoms with van der Waals surface area (Å²) in [4.78, 5) is 0. The summed E-state index contributed by atoms with van der Waals surface area (Å²) in [7, 11) is 4.51. The van der Waals surface area contributed by atoms with Crippen molar-refractivity contribution in [3.8, 4) is 45.6 Å². The fourth-order valence-corrected chi connectivity index (χ4v) is 4.31. The van der Waals surface area contributed by atoms with Crippen molar-refractivity contribution in [3.63, 3.8) is 0 Å². The molecule has 2 aromatic rings. The third-order valence-electron chi connectivity index (χ3n) is 6.09. The maximum Gasteiger partial charge on any atom is 0.231 e. The van der Waals surface area contributed by atoms with Crippen molar-refractivity contribution in [2.24, 2.45) is 11.8 Å². The molecule has 4 rings (SSSR count). The van der Waals surface area contributed by atoms with Crippen molar-refractivity contribution in [1.82, 2.24) is 0 Å². The molecule has 0 bridgehead atoms. The molecule has 0 amide bonds. The molecule has 7 nitrogen and oxygen atoms in total. The van der Waals surface area contributed by atoms with Crippen molar-refractivity contribution in [2.75, 3.05) is 28.1 Å². The van der Waals surface area contributed by atoms with Crippen LogP contribution in [0.25, 0.3) is 11.1 Å². The molecule has 156 valence electrons. The van der Waals surface area contributed by atoms with Gasteiger partial charge in [-0.15, -0.1) is 0 Å². The smallest absolute Gasteiger partial charge is 0.231 e. The molecule has 0 saturated carbocycles. The van der Waals surface area contributed by atoms with Crippen LogP contribution in [-0.2, 0) is 6.42 Å². The van der Waals surface area contributed by atoms with Gasteiger partial charge in [0.05, 0.1) is 27.4 Å². The van der Waals surface area contributed by atoms with Gasteiger partial charge in [0, 0.05) is 11.1 Å². The van der Waals surface area contributed by atoms with Crippen LogP contribution < -0.4 is 23.7 Å². The molecule has 0 spiro atoms. The van der Waals surface area contributed by atoms with E-state index in [1.165, 1.54) is 14.2 Å². The molecule has 3 unspecified atom stereocenters. The number of hydrogen-bond acceptors (Lipinski definition) is 7. The summed E-state index contributed by atoms with van der Waals surface area (Å²) in [5.41, 5.74) is 2.63. The highest BCUT2D eigenvalue weighted by Crippen LogP contribution is 2.57. The van der Waals surface area contributed by atoms with Crippen molar-refractivity contribution < 1.29 is 33.9 Å². The SMILES string of the molecule is COc1cc2c(c(O)c1OC)-c1c(cc3c(c1OC)OCO3)CC(C)C(C)C2O. The maximum absolute atomic E-state index is 11.2. The first kappa shape index (κ1) is 19.5. The number of phenolic OH excluding ortho intramolecular Hbond substituents is 1. The second kappa shape index (κ2) is 7.22. The zero-order valence-electron chi connectivity index (χ0n) is 17.2. The number of ether oxygens (including phenoxy) is 5. The molecule has 7 heteroatoms. The highest BCUT2D eigenvalue weighted by atomic mass is 16.7. The van der Waals surface area contributed by atoms with Crippen LogP contribution in [-0.4, -0.2) is 38.3 Å². The van der Waals surface area contributed by atoms with E-state index in [0.29, 0.717) is 46.1 Å². The molecule has 2 aliphatic rings. The van der Waals surface area contributed by atoms with Gasteiger partial charge >= 0.3 is 0 Å². The summed E-state index contributed by atoms with van der Waals surface area (Å²) in [6, 6.07) is 3.65. The van der Waals surface area contributed by atoms with Gasteiger partial charge in [0.15, 0.2) is 23.0 Å². The van der Waals surface area contributed by atoms with E-state index in [2.05, 4.69) is 6.92 Å². The Morgan fingerprint density at radius 3 is 2.34 bits per heavy atom. The zero-order valence-corrected chi connectivity index (χ0v) is 17.2. The molecular formula is C22H26O7. The predicted molar refractivity (Wildman–Crippen MR) is 106 cm³/mol. The van der Waals surface area contributed by atoms with Crippen LogP contribution >= 0.6 is 0 Å². The number of aliphatic hydroxyl groups is 1. The van der Waals surface area contributed by atoms with E-state index >= 15 is 0 Å².